The molecule has 0 amide bonds. The quantitative estimate of drug-likeness (QED) is 0.118. The molecule has 2 heterocycles. The Labute approximate surface area is 268 Å². The van der Waals surface area contributed by atoms with Crippen LogP contribution < -0.4 is 14.8 Å². The lowest BCUT2D eigenvalue weighted by atomic mass is 9.95. The molecule has 1 atom stereocenters. The first kappa shape index (κ1) is 31.0. The van der Waals surface area contributed by atoms with E-state index in [1.54, 1.807) is 4.68 Å². The maximum Gasteiger partial charge on any atom is 0.338 e. The molecule has 0 aliphatic carbocycles. The van der Waals surface area contributed by atoms with Gasteiger partial charge in [-0.25, -0.2) is 9.48 Å². The van der Waals surface area contributed by atoms with Crippen molar-refractivity contribution in [1.29, 1.82) is 0 Å². The lowest BCUT2D eigenvalue weighted by Crippen LogP contribution is -2.29. The maximum absolute atomic E-state index is 13.8. The Balaban J connectivity index is 1.53. The van der Waals surface area contributed by atoms with Crippen LogP contribution in [0.3, 0.4) is 0 Å². The van der Waals surface area contributed by atoms with Crippen LogP contribution in [0.1, 0.15) is 49.9 Å². The summed E-state index contributed by atoms with van der Waals surface area (Å²) in [6.07, 6.45) is 0.852. The number of ether oxygens (including phenoxy) is 3. The van der Waals surface area contributed by atoms with Crippen molar-refractivity contribution in [3.05, 3.63) is 104 Å². The summed E-state index contributed by atoms with van der Waals surface area (Å²) >= 11 is 11.5. The minimum absolute atomic E-state index is 0.143. The zero-order valence-electron chi connectivity index (χ0n) is 24.1. The number of halogens is 2. The van der Waals surface area contributed by atoms with Crippen molar-refractivity contribution in [3.8, 4) is 11.5 Å². The van der Waals surface area contributed by atoms with Gasteiger partial charge in [0.25, 0.3) is 0 Å². The number of rotatable bonds is 12. The molecule has 5 rings (SSSR count). The van der Waals surface area contributed by atoms with Gasteiger partial charge in [-0.05, 0) is 71.1 Å². The average molecular weight is 684 g/mol. The highest BCUT2D eigenvalue weighted by Gasteiger charge is 2.36. The Morgan fingerprint density at radius 1 is 1.09 bits per heavy atom. The second kappa shape index (κ2) is 14.3. The summed E-state index contributed by atoms with van der Waals surface area (Å²) in [6.45, 7) is 6.95. The van der Waals surface area contributed by atoms with E-state index in [2.05, 4.69) is 21.2 Å². The minimum Gasteiger partial charge on any atom is -0.490 e. The standard InChI is InChI=1S/C32H32BrClN4O4S/c1-4-15-41-29-24(33)16-23(17-26(29)40-5-2)28-27(30(39)42-18-21-11-7-6-8-12-21)20(3)35-31-36-32(37-38(28)31)43-19-22-13-9-10-14-25(22)34/h6-14,16-17,28H,4-5,15,18-19H2,1-3H3,(H,35,36,37). The van der Waals surface area contributed by atoms with Gasteiger partial charge in [0.2, 0.25) is 11.1 Å². The number of carbonyl (C=O) groups excluding carboxylic acids is 1. The molecule has 0 spiro atoms. The number of fused-ring (bicyclic) bond motifs is 1. The lowest BCUT2D eigenvalue weighted by molar-refractivity contribution is -0.140. The van der Waals surface area contributed by atoms with E-state index in [0.29, 0.717) is 62.3 Å². The van der Waals surface area contributed by atoms with Crippen LogP contribution in [-0.4, -0.2) is 33.9 Å². The molecule has 8 nitrogen and oxygen atoms in total. The molecular formula is C32H32BrClN4O4S. The second-order valence-corrected chi connectivity index (χ2v) is 12.0. The van der Waals surface area contributed by atoms with Crippen LogP contribution in [0, 0.1) is 0 Å². The molecule has 0 radical (unpaired) electrons. The Hall–Kier alpha value is -3.47. The molecule has 1 unspecified atom stereocenters. The second-order valence-electron chi connectivity index (χ2n) is 9.78. The number of allylic oxidation sites excluding steroid dienone is 1. The van der Waals surface area contributed by atoms with Crippen molar-refractivity contribution in [1.82, 2.24) is 14.8 Å². The fourth-order valence-electron chi connectivity index (χ4n) is 4.68. The zero-order chi connectivity index (χ0) is 30.3. The molecule has 224 valence electrons. The number of nitrogens with zero attached hydrogens (tertiary/aromatic N) is 3. The van der Waals surface area contributed by atoms with Crippen LogP contribution in [0.5, 0.6) is 11.5 Å². The molecule has 0 saturated heterocycles. The molecular weight excluding hydrogens is 652 g/mol. The van der Waals surface area contributed by atoms with Gasteiger partial charge in [-0.1, -0.05) is 78.8 Å². The summed E-state index contributed by atoms with van der Waals surface area (Å²) in [5, 5.41) is 9.36. The monoisotopic (exact) mass is 682 g/mol. The van der Waals surface area contributed by atoms with Gasteiger partial charge >= 0.3 is 5.97 Å². The summed E-state index contributed by atoms with van der Waals surface area (Å²) in [4.78, 5) is 18.5. The van der Waals surface area contributed by atoms with E-state index in [4.69, 9.17) is 35.9 Å². The minimum atomic E-state index is -0.641. The van der Waals surface area contributed by atoms with Gasteiger partial charge in [0.15, 0.2) is 11.5 Å². The van der Waals surface area contributed by atoms with Gasteiger partial charge in [-0.15, -0.1) is 5.10 Å². The van der Waals surface area contributed by atoms with Crippen molar-refractivity contribution >= 4 is 51.2 Å². The van der Waals surface area contributed by atoms with Crippen LogP contribution in [0.2, 0.25) is 5.02 Å². The summed E-state index contributed by atoms with van der Waals surface area (Å²) < 4.78 is 20.3. The fourth-order valence-corrected chi connectivity index (χ4v) is 6.37. The molecule has 3 aromatic carbocycles. The molecule has 1 aliphatic heterocycles. The Bertz CT molecular complexity index is 1630. The van der Waals surface area contributed by atoms with E-state index in [0.717, 1.165) is 23.1 Å². The third-order valence-corrected chi connectivity index (χ3v) is 8.52. The number of hydrogen-bond acceptors (Lipinski definition) is 8. The predicted octanol–water partition coefficient (Wildman–Crippen LogP) is 8.21. The van der Waals surface area contributed by atoms with Gasteiger partial charge in [-0.2, -0.15) is 4.98 Å². The summed E-state index contributed by atoms with van der Waals surface area (Å²) in [5.74, 6) is 1.85. The molecule has 4 aromatic rings. The number of anilines is 1. The maximum atomic E-state index is 13.8. The van der Waals surface area contributed by atoms with E-state index in [1.807, 2.05) is 87.5 Å². The molecule has 1 aliphatic rings. The van der Waals surface area contributed by atoms with E-state index in [-0.39, 0.29) is 6.61 Å². The Kier molecular flexibility index (Phi) is 10.3. The number of benzene rings is 3. The fraction of sp³-hybridized carbons (Fsp3) is 0.281. The molecule has 1 aromatic heterocycles. The highest BCUT2D eigenvalue weighted by atomic mass is 79.9. The first-order valence-electron chi connectivity index (χ1n) is 14.0. The molecule has 1 N–H and O–H groups in total. The average Bonchev–Trinajstić information content (AvgIpc) is 3.41. The van der Waals surface area contributed by atoms with Crippen molar-refractivity contribution in [2.24, 2.45) is 0 Å². The van der Waals surface area contributed by atoms with E-state index < -0.39 is 12.0 Å². The van der Waals surface area contributed by atoms with Crippen LogP contribution in [0.4, 0.5) is 5.95 Å². The van der Waals surface area contributed by atoms with E-state index in [1.165, 1.54) is 11.8 Å². The number of nitrogens with one attached hydrogen (secondary N) is 1. The van der Waals surface area contributed by atoms with Crippen molar-refractivity contribution < 1.29 is 19.0 Å². The van der Waals surface area contributed by atoms with Crippen molar-refractivity contribution in [2.75, 3.05) is 18.5 Å². The lowest BCUT2D eigenvalue weighted by Gasteiger charge is -2.29. The number of esters is 1. The van der Waals surface area contributed by atoms with Crippen LogP contribution in [0.15, 0.2) is 87.6 Å². The van der Waals surface area contributed by atoms with Crippen LogP contribution >= 0.6 is 39.3 Å². The number of aromatic nitrogens is 3. The first-order valence-corrected chi connectivity index (χ1v) is 16.2. The molecule has 0 bridgehead atoms. The van der Waals surface area contributed by atoms with Gasteiger partial charge in [0.1, 0.15) is 12.6 Å². The van der Waals surface area contributed by atoms with E-state index in [9.17, 15) is 4.79 Å². The zero-order valence-corrected chi connectivity index (χ0v) is 27.3. The predicted molar refractivity (Wildman–Crippen MR) is 173 cm³/mol. The van der Waals surface area contributed by atoms with Gasteiger partial charge < -0.3 is 19.5 Å². The number of hydrogen-bond donors (Lipinski definition) is 1. The molecule has 43 heavy (non-hydrogen) atoms. The summed E-state index contributed by atoms with van der Waals surface area (Å²) in [6, 6.07) is 20.5. The third-order valence-electron chi connectivity index (χ3n) is 6.68. The number of carbonyl (C=O) groups is 1. The molecule has 0 fully saturated rings. The highest BCUT2D eigenvalue weighted by molar-refractivity contribution is 9.10. The number of thioether (sulfide) groups is 1. The van der Waals surface area contributed by atoms with Gasteiger partial charge in [0, 0.05) is 16.5 Å². The smallest absolute Gasteiger partial charge is 0.338 e. The Morgan fingerprint density at radius 3 is 2.60 bits per heavy atom. The van der Waals surface area contributed by atoms with Gasteiger partial charge in [0.05, 0.1) is 23.3 Å². The van der Waals surface area contributed by atoms with E-state index >= 15 is 0 Å². The third kappa shape index (κ3) is 7.20. The Morgan fingerprint density at radius 2 is 1.86 bits per heavy atom. The summed E-state index contributed by atoms with van der Waals surface area (Å²) in [7, 11) is 0. The van der Waals surface area contributed by atoms with Crippen molar-refractivity contribution in [2.45, 2.75) is 50.8 Å². The topological polar surface area (TPSA) is 87.5 Å². The van der Waals surface area contributed by atoms with Crippen molar-refractivity contribution in [3.63, 3.8) is 0 Å². The van der Waals surface area contributed by atoms with Crippen LogP contribution in [-0.2, 0) is 21.9 Å². The van der Waals surface area contributed by atoms with Crippen LogP contribution in [0.25, 0.3) is 0 Å². The normalized spacial score (nSPS) is 14.2. The SMILES string of the molecule is CCCOc1c(Br)cc(C2C(C(=O)OCc3ccccc3)=C(C)Nc3nc(SCc4ccccc4Cl)nn32)cc1OCC. The van der Waals surface area contributed by atoms with Gasteiger partial charge in [-0.3, -0.25) is 0 Å². The highest BCUT2D eigenvalue weighted by Crippen LogP contribution is 2.43. The first-order chi connectivity index (χ1) is 20.9. The summed E-state index contributed by atoms with van der Waals surface area (Å²) in [5.41, 5.74) is 3.70. The largest absolute Gasteiger partial charge is 0.490 e. The molecule has 11 heteroatoms. The molecule has 0 saturated carbocycles.